The number of rotatable bonds is 9. The summed E-state index contributed by atoms with van der Waals surface area (Å²) in [5, 5.41) is 0. The van der Waals surface area contributed by atoms with Gasteiger partial charge in [-0.1, -0.05) is 0 Å². The van der Waals surface area contributed by atoms with Gasteiger partial charge in [-0.05, 0) is 37.6 Å². The third-order valence-corrected chi connectivity index (χ3v) is 2.79. The monoisotopic (exact) mass is 252 g/mol. The molecule has 0 aliphatic heterocycles. The fourth-order valence-electron chi connectivity index (χ4n) is 1.76. The molecule has 0 saturated heterocycles. The number of hydrogen-bond acceptors (Lipinski definition) is 4. The van der Waals surface area contributed by atoms with E-state index in [0.29, 0.717) is 13.2 Å². The van der Waals surface area contributed by atoms with E-state index in [9.17, 15) is 0 Å². The number of ether oxygens (including phenoxy) is 2. The quantitative estimate of drug-likeness (QED) is 0.540. The Bertz CT molecular complexity index is 314. The third-order valence-electron chi connectivity index (χ3n) is 2.79. The van der Waals surface area contributed by atoms with Gasteiger partial charge in [-0.3, -0.25) is 0 Å². The molecule has 18 heavy (non-hydrogen) atoms. The van der Waals surface area contributed by atoms with E-state index < -0.39 is 0 Å². The van der Waals surface area contributed by atoms with Crippen LogP contribution in [0.5, 0.6) is 0 Å². The molecule has 102 valence electrons. The highest BCUT2D eigenvalue weighted by atomic mass is 16.5. The Morgan fingerprint density at radius 2 is 1.83 bits per heavy atom. The molecule has 1 aromatic carbocycles. The first-order valence-electron chi connectivity index (χ1n) is 6.45. The van der Waals surface area contributed by atoms with Gasteiger partial charge >= 0.3 is 0 Å². The maximum absolute atomic E-state index is 5.69. The molecule has 0 fully saturated rings. The summed E-state index contributed by atoms with van der Waals surface area (Å²) in [7, 11) is 1.68. The Morgan fingerprint density at radius 3 is 2.44 bits per heavy atom. The molecule has 0 heterocycles. The second-order valence-corrected chi connectivity index (χ2v) is 4.13. The molecule has 0 unspecified atom stereocenters. The Kier molecular flexibility index (Phi) is 7.22. The van der Waals surface area contributed by atoms with Crippen molar-refractivity contribution < 1.29 is 9.47 Å². The highest BCUT2D eigenvalue weighted by molar-refractivity contribution is 5.52. The van der Waals surface area contributed by atoms with E-state index in [1.807, 2.05) is 12.1 Å². The molecular formula is C14H24N2O2. The van der Waals surface area contributed by atoms with Gasteiger partial charge < -0.3 is 20.1 Å². The van der Waals surface area contributed by atoms with Crippen molar-refractivity contribution in [3.8, 4) is 0 Å². The van der Waals surface area contributed by atoms with E-state index in [1.165, 1.54) is 5.69 Å². The largest absolute Gasteiger partial charge is 0.399 e. The topological polar surface area (TPSA) is 47.7 Å². The number of hydrogen-bond donors (Lipinski definition) is 1. The van der Waals surface area contributed by atoms with Gasteiger partial charge in [-0.2, -0.15) is 0 Å². The van der Waals surface area contributed by atoms with Gasteiger partial charge in [0.1, 0.15) is 0 Å². The minimum Gasteiger partial charge on any atom is -0.399 e. The lowest BCUT2D eigenvalue weighted by atomic mass is 10.2. The van der Waals surface area contributed by atoms with Crippen LogP contribution in [0.3, 0.4) is 0 Å². The third kappa shape index (κ3) is 5.38. The molecule has 4 nitrogen and oxygen atoms in total. The van der Waals surface area contributed by atoms with Gasteiger partial charge in [0.2, 0.25) is 0 Å². The maximum atomic E-state index is 5.69. The number of benzene rings is 1. The number of nitrogens with zero attached hydrogens (tertiary/aromatic N) is 1. The van der Waals surface area contributed by atoms with Gasteiger partial charge in [-0.25, -0.2) is 0 Å². The van der Waals surface area contributed by atoms with Crippen LogP contribution in [0.4, 0.5) is 11.4 Å². The summed E-state index contributed by atoms with van der Waals surface area (Å²) in [6.45, 7) is 6.24. The molecule has 0 atom stereocenters. The Balaban J connectivity index is 2.27. The minimum absolute atomic E-state index is 0.662. The smallest absolute Gasteiger partial charge is 0.0700 e. The fourth-order valence-corrected chi connectivity index (χ4v) is 1.76. The van der Waals surface area contributed by atoms with Gasteiger partial charge in [0, 0.05) is 38.2 Å². The van der Waals surface area contributed by atoms with Crippen LogP contribution < -0.4 is 10.6 Å². The molecule has 1 aromatic rings. The van der Waals surface area contributed by atoms with Crippen molar-refractivity contribution in [1.29, 1.82) is 0 Å². The molecule has 0 spiro atoms. The zero-order valence-electron chi connectivity index (χ0n) is 11.4. The first kappa shape index (κ1) is 14.8. The van der Waals surface area contributed by atoms with E-state index >= 15 is 0 Å². The zero-order valence-corrected chi connectivity index (χ0v) is 11.4. The van der Waals surface area contributed by atoms with E-state index in [2.05, 4.69) is 24.0 Å². The van der Waals surface area contributed by atoms with E-state index in [4.69, 9.17) is 15.2 Å². The van der Waals surface area contributed by atoms with Crippen molar-refractivity contribution in [2.75, 3.05) is 50.7 Å². The lowest BCUT2D eigenvalue weighted by Gasteiger charge is -2.23. The van der Waals surface area contributed by atoms with Crippen LogP contribution >= 0.6 is 0 Å². The lowest BCUT2D eigenvalue weighted by Crippen LogP contribution is -2.25. The molecule has 0 saturated carbocycles. The van der Waals surface area contributed by atoms with Crippen LogP contribution in [0.15, 0.2) is 24.3 Å². The van der Waals surface area contributed by atoms with Crippen LogP contribution in [0.25, 0.3) is 0 Å². The van der Waals surface area contributed by atoms with Crippen LogP contribution in [0, 0.1) is 0 Å². The normalized spacial score (nSPS) is 10.6. The van der Waals surface area contributed by atoms with Gasteiger partial charge in [-0.15, -0.1) is 0 Å². The number of nitrogen functional groups attached to an aromatic ring is 1. The number of anilines is 2. The summed E-state index contributed by atoms with van der Waals surface area (Å²) in [5.41, 5.74) is 7.70. The van der Waals surface area contributed by atoms with E-state index in [1.54, 1.807) is 7.11 Å². The highest BCUT2D eigenvalue weighted by Gasteiger charge is 2.03. The fraction of sp³-hybridized carbons (Fsp3) is 0.571. The van der Waals surface area contributed by atoms with Crippen LogP contribution in [0.1, 0.15) is 13.3 Å². The molecule has 0 aliphatic carbocycles. The standard InChI is InChI=1S/C14H24N2O2/c1-3-16(9-4-10-18-12-11-17-2)14-7-5-13(15)6-8-14/h5-8H,3-4,9-12,15H2,1-2H3. The molecular weight excluding hydrogens is 228 g/mol. The first-order chi connectivity index (χ1) is 8.77. The Hall–Kier alpha value is -1.26. The summed E-state index contributed by atoms with van der Waals surface area (Å²) < 4.78 is 10.4. The summed E-state index contributed by atoms with van der Waals surface area (Å²) >= 11 is 0. The van der Waals surface area contributed by atoms with Crippen molar-refractivity contribution in [1.82, 2.24) is 0 Å². The Labute approximate surface area is 110 Å². The highest BCUT2D eigenvalue weighted by Crippen LogP contribution is 2.16. The van der Waals surface area contributed by atoms with Crippen molar-refractivity contribution in [3.05, 3.63) is 24.3 Å². The predicted octanol–water partition coefficient (Wildman–Crippen LogP) is 2.15. The second-order valence-electron chi connectivity index (χ2n) is 4.13. The van der Waals surface area contributed by atoms with E-state index in [0.717, 1.165) is 31.8 Å². The lowest BCUT2D eigenvalue weighted by molar-refractivity contribution is 0.0700. The molecule has 1 rings (SSSR count). The van der Waals surface area contributed by atoms with Gasteiger partial charge in [0.25, 0.3) is 0 Å². The van der Waals surface area contributed by atoms with Crippen molar-refractivity contribution in [2.24, 2.45) is 0 Å². The molecule has 0 aromatic heterocycles. The second kappa shape index (κ2) is 8.78. The summed E-state index contributed by atoms with van der Waals surface area (Å²) in [6.07, 6.45) is 1.02. The zero-order chi connectivity index (χ0) is 13.2. The first-order valence-corrected chi connectivity index (χ1v) is 6.45. The van der Waals surface area contributed by atoms with Crippen molar-refractivity contribution in [3.63, 3.8) is 0 Å². The SMILES string of the molecule is CCN(CCCOCCOC)c1ccc(N)cc1. The van der Waals surface area contributed by atoms with Crippen LogP contribution in [-0.4, -0.2) is 40.0 Å². The van der Waals surface area contributed by atoms with Crippen molar-refractivity contribution in [2.45, 2.75) is 13.3 Å². The summed E-state index contributed by atoms with van der Waals surface area (Å²) in [4.78, 5) is 2.32. The molecule has 0 aliphatic rings. The van der Waals surface area contributed by atoms with Crippen LogP contribution in [-0.2, 0) is 9.47 Å². The molecule has 0 amide bonds. The molecule has 0 bridgehead atoms. The summed E-state index contributed by atoms with van der Waals surface area (Å²) in [5.74, 6) is 0. The predicted molar refractivity (Wildman–Crippen MR) is 76.1 cm³/mol. The van der Waals surface area contributed by atoms with Crippen LogP contribution in [0.2, 0.25) is 0 Å². The van der Waals surface area contributed by atoms with Gasteiger partial charge in [0.05, 0.1) is 13.2 Å². The average molecular weight is 252 g/mol. The Morgan fingerprint density at radius 1 is 1.11 bits per heavy atom. The minimum atomic E-state index is 0.662. The summed E-state index contributed by atoms with van der Waals surface area (Å²) in [6, 6.07) is 8.00. The van der Waals surface area contributed by atoms with E-state index in [-0.39, 0.29) is 0 Å². The molecule has 0 radical (unpaired) electrons. The van der Waals surface area contributed by atoms with Gasteiger partial charge in [0.15, 0.2) is 0 Å². The maximum Gasteiger partial charge on any atom is 0.0700 e. The number of nitrogens with two attached hydrogens (primary N) is 1. The average Bonchev–Trinajstić information content (AvgIpc) is 2.39. The van der Waals surface area contributed by atoms with Crippen molar-refractivity contribution >= 4 is 11.4 Å². The molecule has 2 N–H and O–H groups in total. The molecule has 4 heteroatoms. The number of methoxy groups -OCH3 is 1.